The highest BCUT2D eigenvalue weighted by Gasteiger charge is 2.43. The quantitative estimate of drug-likeness (QED) is 0.0736. The van der Waals surface area contributed by atoms with Crippen molar-refractivity contribution >= 4 is 35.1 Å². The van der Waals surface area contributed by atoms with Gasteiger partial charge in [0.05, 0.1) is 91.1 Å². The van der Waals surface area contributed by atoms with Gasteiger partial charge in [-0.1, -0.05) is 50.2 Å². The van der Waals surface area contributed by atoms with E-state index in [4.69, 9.17) is 33.2 Å². The molecule has 66 heavy (non-hydrogen) atoms. The van der Waals surface area contributed by atoms with Crippen molar-refractivity contribution < 1.29 is 52.3 Å². The number of piperidine rings is 1. The van der Waals surface area contributed by atoms with Crippen molar-refractivity contribution in [2.45, 2.75) is 59.0 Å². The molecule has 1 aliphatic heterocycles. The van der Waals surface area contributed by atoms with Crippen LogP contribution >= 0.6 is 0 Å². The highest BCUT2D eigenvalue weighted by molar-refractivity contribution is 5.96. The molecule has 0 bridgehead atoms. The molecule has 0 radical (unpaired) electrons. The van der Waals surface area contributed by atoms with Gasteiger partial charge in [0.2, 0.25) is 23.6 Å². The number of pyridine rings is 1. The molecule has 3 aromatic rings. The first-order chi connectivity index (χ1) is 32.2. The third-order valence-corrected chi connectivity index (χ3v) is 11.3. The molecule has 1 aromatic heterocycles. The van der Waals surface area contributed by atoms with Gasteiger partial charge in [-0.2, -0.15) is 0 Å². The maximum Gasteiger partial charge on any atom is 0.248 e. The molecule has 17 nitrogen and oxygen atoms in total. The number of hydrogen-bond acceptors (Lipinski definition) is 13. The molecule has 0 atom stereocenters. The SMILES string of the molecule is CCc1ccc(NC(=O)CN(Cc2ccccc2CNC)C(=O)C2(CC)CCN(C(=O)COCCOCCOCCOCCOCCOCCOC)CC2)cc1CC(=O)Nc1ccccn1. The van der Waals surface area contributed by atoms with Crippen LogP contribution < -0.4 is 16.0 Å². The van der Waals surface area contributed by atoms with Gasteiger partial charge < -0.3 is 58.9 Å². The number of nitrogens with one attached hydrogen (secondary N) is 3. The molecular formula is C49H72N6O11. The predicted molar refractivity (Wildman–Crippen MR) is 251 cm³/mol. The molecule has 3 N–H and O–H groups in total. The van der Waals surface area contributed by atoms with Crippen LogP contribution in [0.4, 0.5) is 11.5 Å². The number of anilines is 2. The van der Waals surface area contributed by atoms with Gasteiger partial charge in [-0.05, 0) is 79.3 Å². The van der Waals surface area contributed by atoms with Crippen LogP contribution in [0.1, 0.15) is 55.4 Å². The Morgan fingerprint density at radius 1 is 0.682 bits per heavy atom. The number of rotatable bonds is 33. The first-order valence-electron chi connectivity index (χ1n) is 23.1. The number of hydrogen-bond donors (Lipinski definition) is 3. The molecule has 0 unspecified atom stereocenters. The predicted octanol–water partition coefficient (Wildman–Crippen LogP) is 4.28. The second-order valence-electron chi connectivity index (χ2n) is 15.9. The number of amides is 4. The van der Waals surface area contributed by atoms with Gasteiger partial charge in [0, 0.05) is 45.2 Å². The molecule has 4 amide bonds. The number of methoxy groups -OCH3 is 1. The van der Waals surface area contributed by atoms with Crippen LogP contribution in [0.5, 0.6) is 0 Å². The standard InChI is InChI=1S/C49H72N6O11/c1-5-39-14-15-43(33-42(39)34-45(56)53-44-13-9-10-18-51-44)52-46(57)37-55(36-41-12-8-7-11-40(41)35-50-3)48(59)49(6-2)16-19-54(20-17-49)47(58)38-66-32-31-65-30-29-64-28-27-63-26-25-62-24-23-61-22-21-60-4/h7-15,18,33,50H,5-6,16-17,19-32,34-38H2,1-4H3,(H,52,57)(H,51,53,56). The van der Waals surface area contributed by atoms with Gasteiger partial charge >= 0.3 is 0 Å². The number of carbonyl (C=O) groups is 4. The highest BCUT2D eigenvalue weighted by atomic mass is 16.6. The van der Waals surface area contributed by atoms with Gasteiger partial charge in [0.15, 0.2) is 0 Å². The van der Waals surface area contributed by atoms with Crippen molar-refractivity contribution in [2.75, 3.05) is 130 Å². The summed E-state index contributed by atoms with van der Waals surface area (Å²) in [6, 6.07) is 18.8. The summed E-state index contributed by atoms with van der Waals surface area (Å²) in [5.74, 6) is -0.367. The van der Waals surface area contributed by atoms with Crippen LogP contribution in [-0.2, 0) is 78.3 Å². The van der Waals surface area contributed by atoms with E-state index in [0.29, 0.717) is 129 Å². The molecule has 2 aromatic carbocycles. The zero-order valence-corrected chi connectivity index (χ0v) is 39.4. The molecule has 364 valence electrons. The Balaban J connectivity index is 1.23. The fraction of sp³-hybridized carbons (Fsp3) is 0.571. The molecule has 4 rings (SSSR count). The fourth-order valence-electron chi connectivity index (χ4n) is 7.59. The van der Waals surface area contributed by atoms with Gasteiger partial charge in [0.1, 0.15) is 19.0 Å². The van der Waals surface area contributed by atoms with E-state index in [0.717, 1.165) is 22.3 Å². The lowest BCUT2D eigenvalue weighted by Crippen LogP contribution is -2.52. The Bertz CT molecular complexity index is 1880. The Morgan fingerprint density at radius 2 is 1.27 bits per heavy atom. The van der Waals surface area contributed by atoms with E-state index in [1.165, 1.54) is 0 Å². The Morgan fingerprint density at radius 3 is 1.83 bits per heavy atom. The minimum absolute atomic E-state index is 0.0841. The van der Waals surface area contributed by atoms with Crippen molar-refractivity contribution in [3.63, 3.8) is 0 Å². The van der Waals surface area contributed by atoms with E-state index in [9.17, 15) is 19.2 Å². The summed E-state index contributed by atoms with van der Waals surface area (Å²) in [6.45, 7) is 10.8. The zero-order valence-electron chi connectivity index (χ0n) is 39.4. The van der Waals surface area contributed by atoms with E-state index < -0.39 is 5.41 Å². The third-order valence-electron chi connectivity index (χ3n) is 11.3. The van der Waals surface area contributed by atoms with Crippen molar-refractivity contribution in [2.24, 2.45) is 5.41 Å². The average Bonchev–Trinajstić information content (AvgIpc) is 3.32. The lowest BCUT2D eigenvalue weighted by atomic mass is 9.74. The Hall–Kier alpha value is -4.85. The molecule has 1 fully saturated rings. The number of ether oxygens (including phenoxy) is 7. The molecular weight excluding hydrogens is 849 g/mol. The zero-order chi connectivity index (χ0) is 47.2. The first-order valence-corrected chi connectivity index (χ1v) is 23.1. The maximum absolute atomic E-state index is 14.8. The van der Waals surface area contributed by atoms with Gasteiger partial charge in [-0.3, -0.25) is 19.2 Å². The summed E-state index contributed by atoms with van der Waals surface area (Å²) in [5.41, 5.74) is 3.52. The summed E-state index contributed by atoms with van der Waals surface area (Å²) in [6.07, 6.45) is 3.90. The Labute approximate surface area is 390 Å². The second-order valence-corrected chi connectivity index (χ2v) is 15.9. The number of carbonyl (C=O) groups excluding carboxylic acids is 4. The highest BCUT2D eigenvalue weighted by Crippen LogP contribution is 2.37. The van der Waals surface area contributed by atoms with Gasteiger partial charge in [-0.25, -0.2) is 4.98 Å². The van der Waals surface area contributed by atoms with Crippen LogP contribution in [0.15, 0.2) is 66.9 Å². The van der Waals surface area contributed by atoms with Crippen LogP contribution in [0.2, 0.25) is 0 Å². The van der Waals surface area contributed by atoms with E-state index >= 15 is 0 Å². The van der Waals surface area contributed by atoms with Crippen LogP contribution in [0.3, 0.4) is 0 Å². The minimum atomic E-state index is -0.761. The lowest BCUT2D eigenvalue weighted by molar-refractivity contribution is -0.151. The van der Waals surface area contributed by atoms with E-state index in [-0.39, 0.29) is 56.4 Å². The monoisotopic (exact) mass is 921 g/mol. The molecule has 0 aliphatic carbocycles. The largest absolute Gasteiger partial charge is 0.382 e. The van der Waals surface area contributed by atoms with Gasteiger partial charge in [-0.15, -0.1) is 0 Å². The summed E-state index contributed by atoms with van der Waals surface area (Å²) in [7, 11) is 3.50. The topological polar surface area (TPSA) is 188 Å². The van der Waals surface area contributed by atoms with Crippen molar-refractivity contribution in [1.29, 1.82) is 0 Å². The second kappa shape index (κ2) is 31.2. The molecule has 0 saturated carbocycles. The summed E-state index contributed by atoms with van der Waals surface area (Å²) >= 11 is 0. The van der Waals surface area contributed by atoms with E-state index in [2.05, 4.69) is 20.9 Å². The maximum atomic E-state index is 14.8. The lowest BCUT2D eigenvalue weighted by Gasteiger charge is -2.43. The minimum Gasteiger partial charge on any atom is -0.382 e. The van der Waals surface area contributed by atoms with Crippen molar-refractivity contribution in [3.05, 3.63) is 89.1 Å². The van der Waals surface area contributed by atoms with E-state index in [1.54, 1.807) is 41.3 Å². The van der Waals surface area contributed by atoms with Crippen molar-refractivity contribution in [3.8, 4) is 0 Å². The Kier molecular flexibility index (Phi) is 25.4. The van der Waals surface area contributed by atoms with Crippen molar-refractivity contribution in [1.82, 2.24) is 20.1 Å². The van der Waals surface area contributed by atoms with Crippen LogP contribution in [0.25, 0.3) is 0 Å². The van der Waals surface area contributed by atoms with Crippen LogP contribution in [-0.4, -0.2) is 158 Å². The van der Waals surface area contributed by atoms with E-state index in [1.807, 2.05) is 63.4 Å². The molecule has 1 saturated heterocycles. The molecule has 17 heteroatoms. The normalized spacial score (nSPS) is 13.4. The summed E-state index contributed by atoms with van der Waals surface area (Å²) in [5, 5.41) is 9.03. The van der Waals surface area contributed by atoms with Crippen LogP contribution in [0, 0.1) is 5.41 Å². The molecule has 0 spiro atoms. The van der Waals surface area contributed by atoms with Gasteiger partial charge in [0.25, 0.3) is 0 Å². The number of benzene rings is 2. The smallest absolute Gasteiger partial charge is 0.248 e. The number of likely N-dealkylation sites (tertiary alicyclic amines) is 1. The fourth-order valence-corrected chi connectivity index (χ4v) is 7.59. The number of aromatic nitrogens is 1. The molecule has 1 aliphatic rings. The molecule has 2 heterocycles. The first kappa shape index (κ1) is 53.8. The summed E-state index contributed by atoms with van der Waals surface area (Å²) < 4.78 is 37.9. The number of aryl methyl sites for hydroxylation is 1. The third kappa shape index (κ3) is 19.2. The summed E-state index contributed by atoms with van der Waals surface area (Å²) in [4.78, 5) is 62.4. The number of nitrogens with zero attached hydrogens (tertiary/aromatic N) is 3. The average molecular weight is 921 g/mol.